The Balaban J connectivity index is 1.93. The summed E-state index contributed by atoms with van der Waals surface area (Å²) in [7, 11) is 0. The molecule has 1 aromatic carbocycles. The third-order valence-electron chi connectivity index (χ3n) is 4.20. The van der Waals surface area contributed by atoms with Gasteiger partial charge in [-0.1, -0.05) is 30.3 Å². The largest absolute Gasteiger partial charge is 0.351 e. The number of nitrogens with zero attached hydrogens (tertiary/aromatic N) is 2. The normalized spacial score (nSPS) is 22.2. The summed E-state index contributed by atoms with van der Waals surface area (Å²) in [5, 5.41) is 8.96. The van der Waals surface area contributed by atoms with Crippen LogP contribution in [0.2, 0.25) is 0 Å². The van der Waals surface area contributed by atoms with Crippen LogP contribution in [0.4, 0.5) is 4.79 Å². The van der Waals surface area contributed by atoms with Gasteiger partial charge in [-0.2, -0.15) is 5.26 Å². The first kappa shape index (κ1) is 14.4. The van der Waals surface area contributed by atoms with E-state index in [0.717, 1.165) is 25.8 Å². The summed E-state index contributed by atoms with van der Waals surface area (Å²) >= 11 is 0. The van der Waals surface area contributed by atoms with Crippen LogP contribution in [0.3, 0.4) is 0 Å². The number of benzene rings is 1. The fraction of sp³-hybridized carbons (Fsp3) is 0.500. The zero-order chi connectivity index (χ0) is 14.4. The molecule has 0 aliphatic carbocycles. The summed E-state index contributed by atoms with van der Waals surface area (Å²) in [5.74, 6) is 0.760. The first-order valence-corrected chi connectivity index (χ1v) is 7.16. The summed E-state index contributed by atoms with van der Waals surface area (Å²) < 4.78 is 0. The van der Waals surface area contributed by atoms with Gasteiger partial charge in [0.15, 0.2) is 0 Å². The zero-order valence-corrected chi connectivity index (χ0v) is 11.7. The van der Waals surface area contributed by atoms with Crippen molar-refractivity contribution in [1.82, 2.24) is 4.90 Å². The molecule has 2 unspecified atom stereocenters. The van der Waals surface area contributed by atoms with Crippen LogP contribution in [0.1, 0.15) is 24.8 Å². The lowest BCUT2D eigenvalue weighted by Gasteiger charge is -2.37. The number of carbonyl (C=O) groups is 1. The van der Waals surface area contributed by atoms with Crippen LogP contribution < -0.4 is 5.73 Å². The van der Waals surface area contributed by atoms with E-state index in [1.165, 1.54) is 5.56 Å². The summed E-state index contributed by atoms with van der Waals surface area (Å²) in [6.07, 6.45) is 3.55. The van der Waals surface area contributed by atoms with Crippen molar-refractivity contribution >= 4 is 6.03 Å². The number of amides is 2. The van der Waals surface area contributed by atoms with Gasteiger partial charge >= 0.3 is 6.03 Å². The summed E-state index contributed by atoms with van der Waals surface area (Å²) in [6, 6.07) is 12.3. The Morgan fingerprint density at radius 3 is 2.75 bits per heavy atom. The second-order valence-corrected chi connectivity index (χ2v) is 5.48. The third-order valence-corrected chi connectivity index (χ3v) is 4.20. The van der Waals surface area contributed by atoms with Crippen LogP contribution in [0.15, 0.2) is 30.3 Å². The van der Waals surface area contributed by atoms with Gasteiger partial charge in [0.2, 0.25) is 0 Å². The third kappa shape index (κ3) is 3.74. The molecule has 1 heterocycles. The first-order chi connectivity index (χ1) is 9.70. The van der Waals surface area contributed by atoms with Crippen LogP contribution >= 0.6 is 0 Å². The second kappa shape index (κ2) is 6.95. The standard InChI is InChI=1S/C16H21N3O/c17-10-8-15-12-19(16(18)20)11-9-14(15)7-6-13-4-2-1-3-5-13/h1-5,14-15H,6-9,11-12H2,(H2,18,20). The number of nitrogens with two attached hydrogens (primary N) is 1. The Labute approximate surface area is 120 Å². The molecule has 2 amide bonds. The molecule has 1 aromatic rings. The van der Waals surface area contributed by atoms with Crippen molar-refractivity contribution in [2.75, 3.05) is 13.1 Å². The highest BCUT2D eigenvalue weighted by Gasteiger charge is 2.30. The lowest BCUT2D eigenvalue weighted by molar-refractivity contribution is 0.133. The maximum Gasteiger partial charge on any atom is 0.314 e. The smallest absolute Gasteiger partial charge is 0.314 e. The second-order valence-electron chi connectivity index (χ2n) is 5.48. The van der Waals surface area contributed by atoms with Crippen molar-refractivity contribution in [3.8, 4) is 6.07 Å². The minimum atomic E-state index is -0.366. The van der Waals surface area contributed by atoms with E-state index in [0.29, 0.717) is 18.9 Å². The number of nitriles is 1. The van der Waals surface area contributed by atoms with Gasteiger partial charge in [-0.05, 0) is 36.7 Å². The van der Waals surface area contributed by atoms with E-state index in [4.69, 9.17) is 11.0 Å². The van der Waals surface area contributed by atoms with E-state index in [9.17, 15) is 4.79 Å². The van der Waals surface area contributed by atoms with Gasteiger partial charge in [-0.3, -0.25) is 0 Å². The number of aryl methyl sites for hydroxylation is 1. The summed E-state index contributed by atoms with van der Waals surface area (Å²) in [6.45, 7) is 1.35. The molecule has 0 aromatic heterocycles. The number of primary amides is 1. The van der Waals surface area contributed by atoms with Gasteiger partial charge in [-0.15, -0.1) is 0 Å². The highest BCUT2D eigenvalue weighted by atomic mass is 16.2. The fourth-order valence-corrected chi connectivity index (χ4v) is 3.01. The molecule has 106 valence electrons. The Bertz CT molecular complexity index is 480. The van der Waals surface area contributed by atoms with Crippen LogP contribution in [0.25, 0.3) is 0 Å². The molecule has 1 saturated heterocycles. The molecule has 2 N–H and O–H groups in total. The Morgan fingerprint density at radius 1 is 1.35 bits per heavy atom. The van der Waals surface area contributed by atoms with Crippen molar-refractivity contribution in [2.45, 2.75) is 25.7 Å². The van der Waals surface area contributed by atoms with Crippen molar-refractivity contribution in [2.24, 2.45) is 17.6 Å². The first-order valence-electron chi connectivity index (χ1n) is 7.16. The maximum absolute atomic E-state index is 11.3. The van der Waals surface area contributed by atoms with E-state index < -0.39 is 0 Å². The lowest BCUT2D eigenvalue weighted by Crippen LogP contribution is -2.46. The molecular weight excluding hydrogens is 250 g/mol. The monoisotopic (exact) mass is 271 g/mol. The minimum absolute atomic E-state index is 0.255. The number of rotatable bonds is 4. The molecule has 0 spiro atoms. The molecule has 2 atom stereocenters. The van der Waals surface area contributed by atoms with Crippen molar-refractivity contribution in [3.63, 3.8) is 0 Å². The number of urea groups is 1. The van der Waals surface area contributed by atoms with Crippen LogP contribution in [0.5, 0.6) is 0 Å². The van der Waals surface area contributed by atoms with Gasteiger partial charge in [0.05, 0.1) is 6.07 Å². The average molecular weight is 271 g/mol. The van der Waals surface area contributed by atoms with Crippen molar-refractivity contribution < 1.29 is 4.79 Å². The number of carbonyl (C=O) groups excluding carboxylic acids is 1. The molecular formula is C16H21N3O. The van der Waals surface area contributed by atoms with Crippen LogP contribution in [0, 0.1) is 23.2 Å². The average Bonchev–Trinajstić information content (AvgIpc) is 2.47. The van der Waals surface area contributed by atoms with Gasteiger partial charge in [0, 0.05) is 19.5 Å². The van der Waals surface area contributed by atoms with Gasteiger partial charge in [0.25, 0.3) is 0 Å². The Morgan fingerprint density at radius 2 is 2.10 bits per heavy atom. The molecule has 4 nitrogen and oxygen atoms in total. The van der Waals surface area contributed by atoms with Gasteiger partial charge in [-0.25, -0.2) is 4.79 Å². The Kier molecular flexibility index (Phi) is 5.00. The van der Waals surface area contributed by atoms with Crippen LogP contribution in [-0.2, 0) is 6.42 Å². The number of likely N-dealkylation sites (tertiary alicyclic amines) is 1. The molecule has 2 rings (SSSR count). The van der Waals surface area contributed by atoms with E-state index in [-0.39, 0.29) is 11.9 Å². The van der Waals surface area contributed by atoms with E-state index in [1.54, 1.807) is 4.90 Å². The molecule has 0 radical (unpaired) electrons. The van der Waals surface area contributed by atoms with Gasteiger partial charge in [0.1, 0.15) is 0 Å². The van der Waals surface area contributed by atoms with E-state index >= 15 is 0 Å². The van der Waals surface area contributed by atoms with Gasteiger partial charge < -0.3 is 10.6 Å². The SMILES string of the molecule is N#CCC1CN(C(N)=O)CCC1CCc1ccccc1. The predicted molar refractivity (Wildman–Crippen MR) is 77.7 cm³/mol. The number of piperidine rings is 1. The van der Waals surface area contributed by atoms with E-state index in [2.05, 4.69) is 30.3 Å². The molecule has 0 saturated carbocycles. The molecule has 20 heavy (non-hydrogen) atoms. The summed E-state index contributed by atoms with van der Waals surface area (Å²) in [5.41, 5.74) is 6.67. The zero-order valence-electron chi connectivity index (χ0n) is 11.7. The maximum atomic E-state index is 11.3. The fourth-order valence-electron chi connectivity index (χ4n) is 3.01. The van der Waals surface area contributed by atoms with E-state index in [1.807, 2.05) is 6.07 Å². The molecule has 4 heteroatoms. The Hall–Kier alpha value is -2.02. The highest BCUT2D eigenvalue weighted by molar-refractivity contribution is 5.72. The molecule has 1 fully saturated rings. The highest BCUT2D eigenvalue weighted by Crippen LogP contribution is 2.29. The topological polar surface area (TPSA) is 70.1 Å². The van der Waals surface area contributed by atoms with Crippen LogP contribution in [-0.4, -0.2) is 24.0 Å². The number of hydrogen-bond acceptors (Lipinski definition) is 2. The quantitative estimate of drug-likeness (QED) is 0.914. The number of hydrogen-bond donors (Lipinski definition) is 1. The molecule has 1 aliphatic rings. The molecule has 0 bridgehead atoms. The molecule has 1 aliphatic heterocycles. The predicted octanol–water partition coefficient (Wildman–Crippen LogP) is 2.55. The van der Waals surface area contributed by atoms with Crippen molar-refractivity contribution in [3.05, 3.63) is 35.9 Å². The summed E-state index contributed by atoms with van der Waals surface area (Å²) in [4.78, 5) is 12.9. The minimum Gasteiger partial charge on any atom is -0.351 e. The van der Waals surface area contributed by atoms with Crippen molar-refractivity contribution in [1.29, 1.82) is 5.26 Å². The lowest BCUT2D eigenvalue weighted by atomic mass is 9.80.